The third-order valence-corrected chi connectivity index (χ3v) is 2.85. The molecular formula is C12H16N2O. The zero-order valence-corrected chi connectivity index (χ0v) is 8.97. The van der Waals surface area contributed by atoms with Crippen LogP contribution in [0.5, 0.6) is 0 Å². The Morgan fingerprint density at radius 2 is 2.07 bits per heavy atom. The summed E-state index contributed by atoms with van der Waals surface area (Å²) in [4.78, 5) is 15.4. The lowest BCUT2D eigenvalue weighted by Gasteiger charge is -2.39. The van der Waals surface area contributed by atoms with Crippen LogP contribution >= 0.6 is 0 Å². The molecule has 0 bridgehead atoms. The van der Waals surface area contributed by atoms with Gasteiger partial charge in [0.05, 0.1) is 12.7 Å². The first-order chi connectivity index (χ1) is 7.31. The van der Waals surface area contributed by atoms with Crippen molar-refractivity contribution < 1.29 is 4.79 Å². The molecule has 0 radical (unpaired) electrons. The molecule has 0 amide bonds. The Kier molecular flexibility index (Phi) is 3.02. The van der Waals surface area contributed by atoms with Crippen molar-refractivity contribution in [3.63, 3.8) is 0 Å². The van der Waals surface area contributed by atoms with Gasteiger partial charge in [0.2, 0.25) is 0 Å². The van der Waals surface area contributed by atoms with Crippen molar-refractivity contribution in [1.29, 1.82) is 0 Å². The van der Waals surface area contributed by atoms with Crippen LogP contribution in [0.2, 0.25) is 0 Å². The molecular weight excluding hydrogens is 188 g/mol. The number of hydrogen-bond acceptors (Lipinski definition) is 3. The van der Waals surface area contributed by atoms with Crippen LogP contribution in [0.3, 0.4) is 0 Å². The fraction of sp³-hybridized carbons (Fsp3) is 0.417. The van der Waals surface area contributed by atoms with Crippen LogP contribution in [-0.4, -0.2) is 37.5 Å². The fourth-order valence-electron chi connectivity index (χ4n) is 1.98. The third kappa shape index (κ3) is 2.18. The maximum absolute atomic E-state index is 11.0. The van der Waals surface area contributed by atoms with Crippen molar-refractivity contribution in [3.05, 3.63) is 30.3 Å². The van der Waals surface area contributed by atoms with Crippen molar-refractivity contribution in [2.75, 3.05) is 25.2 Å². The zero-order chi connectivity index (χ0) is 10.7. The molecule has 1 aromatic carbocycles. The van der Waals surface area contributed by atoms with Gasteiger partial charge in [-0.15, -0.1) is 0 Å². The van der Waals surface area contributed by atoms with E-state index < -0.39 is 0 Å². The number of anilines is 1. The summed E-state index contributed by atoms with van der Waals surface area (Å²) in [5.41, 5.74) is 1.13. The minimum atomic E-state index is 0.0311. The molecule has 1 heterocycles. The molecule has 1 aliphatic rings. The van der Waals surface area contributed by atoms with Crippen molar-refractivity contribution in [2.24, 2.45) is 0 Å². The summed E-state index contributed by atoms with van der Waals surface area (Å²) in [5.74, 6) is 0. The highest BCUT2D eigenvalue weighted by Gasteiger charge is 2.24. The molecule has 1 unspecified atom stereocenters. The number of carbonyl (C=O) groups excluding carboxylic acids is 1. The summed E-state index contributed by atoms with van der Waals surface area (Å²) in [6, 6.07) is 10.1. The van der Waals surface area contributed by atoms with Crippen molar-refractivity contribution in [2.45, 2.75) is 12.5 Å². The summed E-state index contributed by atoms with van der Waals surface area (Å²) in [5, 5.41) is 0. The molecule has 3 nitrogen and oxygen atoms in total. The van der Waals surface area contributed by atoms with Crippen molar-refractivity contribution in [3.8, 4) is 0 Å². The van der Waals surface area contributed by atoms with Gasteiger partial charge in [0.15, 0.2) is 0 Å². The lowest BCUT2D eigenvalue weighted by Crippen LogP contribution is -2.50. The topological polar surface area (TPSA) is 23.6 Å². The van der Waals surface area contributed by atoms with Crippen molar-refractivity contribution >= 4 is 12.0 Å². The van der Waals surface area contributed by atoms with Crippen LogP contribution in [0.15, 0.2) is 30.3 Å². The molecule has 0 aromatic heterocycles. The van der Waals surface area contributed by atoms with Crippen LogP contribution in [0.4, 0.5) is 5.69 Å². The van der Waals surface area contributed by atoms with Crippen molar-refractivity contribution in [1.82, 2.24) is 4.90 Å². The van der Waals surface area contributed by atoms with Gasteiger partial charge >= 0.3 is 0 Å². The number of rotatable bonds is 2. The highest BCUT2D eigenvalue weighted by molar-refractivity contribution is 5.66. The van der Waals surface area contributed by atoms with Gasteiger partial charge in [0.1, 0.15) is 6.29 Å². The lowest BCUT2D eigenvalue weighted by atomic mass is 10.1. The number of hydrogen-bond donors (Lipinski definition) is 0. The van der Waals surface area contributed by atoms with Crippen LogP contribution in [-0.2, 0) is 4.79 Å². The summed E-state index contributed by atoms with van der Waals surface area (Å²) in [7, 11) is 2.08. The van der Waals surface area contributed by atoms with Crippen LogP contribution in [0.1, 0.15) is 6.42 Å². The van der Waals surface area contributed by atoms with Gasteiger partial charge in [-0.3, -0.25) is 4.90 Å². The molecule has 1 aromatic rings. The predicted octanol–water partition coefficient (Wildman–Crippen LogP) is 1.35. The Labute approximate surface area is 90.3 Å². The minimum absolute atomic E-state index is 0.0311. The number of aldehydes is 1. The molecule has 80 valence electrons. The van der Waals surface area contributed by atoms with E-state index in [1.165, 1.54) is 0 Å². The lowest BCUT2D eigenvalue weighted by molar-refractivity contribution is -0.109. The monoisotopic (exact) mass is 204 g/mol. The third-order valence-electron chi connectivity index (χ3n) is 2.85. The van der Waals surface area contributed by atoms with E-state index in [4.69, 9.17) is 0 Å². The molecule has 0 saturated carbocycles. The van der Waals surface area contributed by atoms with E-state index in [0.29, 0.717) is 0 Å². The van der Waals surface area contributed by atoms with E-state index in [2.05, 4.69) is 29.0 Å². The number of carbonyl (C=O) groups is 1. The molecule has 0 spiro atoms. The average Bonchev–Trinajstić information content (AvgIpc) is 2.30. The van der Waals surface area contributed by atoms with Gasteiger partial charge < -0.3 is 9.69 Å². The largest absolute Gasteiger partial charge is 0.349 e. The zero-order valence-electron chi connectivity index (χ0n) is 8.97. The number of nitrogens with zero attached hydrogens (tertiary/aromatic N) is 2. The summed E-state index contributed by atoms with van der Waals surface area (Å²) >= 11 is 0. The molecule has 2 rings (SSSR count). The Morgan fingerprint density at radius 1 is 1.33 bits per heavy atom. The fourth-order valence-corrected chi connectivity index (χ4v) is 1.98. The SMILES string of the molecule is CN1CCC(C=O)N(c2ccccc2)C1. The van der Waals surface area contributed by atoms with Crippen LogP contribution in [0.25, 0.3) is 0 Å². The summed E-state index contributed by atoms with van der Waals surface area (Å²) in [6.07, 6.45) is 1.97. The van der Waals surface area contributed by atoms with Crippen LogP contribution in [0, 0.1) is 0 Å². The Hall–Kier alpha value is -1.35. The second kappa shape index (κ2) is 4.45. The Balaban J connectivity index is 2.20. The average molecular weight is 204 g/mol. The smallest absolute Gasteiger partial charge is 0.142 e. The number of benzene rings is 1. The van der Waals surface area contributed by atoms with E-state index in [9.17, 15) is 4.79 Å². The van der Waals surface area contributed by atoms with Gasteiger partial charge in [-0.1, -0.05) is 18.2 Å². The molecule has 1 saturated heterocycles. The molecule has 1 atom stereocenters. The van der Waals surface area contributed by atoms with E-state index in [1.54, 1.807) is 0 Å². The van der Waals surface area contributed by atoms with Gasteiger partial charge in [-0.05, 0) is 25.6 Å². The first kappa shape index (κ1) is 10.2. The van der Waals surface area contributed by atoms with E-state index in [1.807, 2.05) is 18.2 Å². The quantitative estimate of drug-likeness (QED) is 0.679. The van der Waals surface area contributed by atoms with Gasteiger partial charge in [-0.25, -0.2) is 0 Å². The highest BCUT2D eigenvalue weighted by atomic mass is 16.1. The Bertz CT molecular complexity index is 326. The molecule has 3 heteroatoms. The summed E-state index contributed by atoms with van der Waals surface area (Å²) in [6.45, 7) is 1.82. The normalized spacial score (nSPS) is 22.7. The van der Waals surface area contributed by atoms with E-state index in [-0.39, 0.29) is 6.04 Å². The predicted molar refractivity (Wildman–Crippen MR) is 60.9 cm³/mol. The molecule has 0 N–H and O–H groups in total. The van der Waals surface area contributed by atoms with Crippen LogP contribution < -0.4 is 4.90 Å². The second-order valence-electron chi connectivity index (χ2n) is 4.02. The maximum Gasteiger partial charge on any atom is 0.142 e. The maximum atomic E-state index is 11.0. The van der Waals surface area contributed by atoms with E-state index >= 15 is 0 Å². The molecule has 1 fully saturated rings. The Morgan fingerprint density at radius 3 is 2.73 bits per heavy atom. The first-order valence-corrected chi connectivity index (χ1v) is 5.27. The minimum Gasteiger partial charge on any atom is -0.349 e. The second-order valence-corrected chi connectivity index (χ2v) is 4.02. The number of para-hydroxylation sites is 1. The van der Waals surface area contributed by atoms with Gasteiger partial charge in [0.25, 0.3) is 0 Å². The highest BCUT2D eigenvalue weighted by Crippen LogP contribution is 2.20. The first-order valence-electron chi connectivity index (χ1n) is 5.27. The molecule has 0 aliphatic carbocycles. The molecule has 1 aliphatic heterocycles. The standard InChI is InChI=1S/C12H16N2O/c1-13-8-7-12(9-15)14(10-13)11-5-3-2-4-6-11/h2-6,9,12H,7-8,10H2,1H3. The van der Waals surface area contributed by atoms with E-state index in [0.717, 1.165) is 31.6 Å². The summed E-state index contributed by atoms with van der Waals surface area (Å²) < 4.78 is 0. The van der Waals surface area contributed by atoms with Gasteiger partial charge in [0, 0.05) is 12.2 Å². The molecule has 15 heavy (non-hydrogen) atoms. The van der Waals surface area contributed by atoms with Gasteiger partial charge in [-0.2, -0.15) is 0 Å².